The Kier molecular flexibility index (Phi) is 22.1. The molecule has 1 aromatic carbocycles. The average molecular weight is 943 g/mol. The Morgan fingerprint density at radius 2 is 1.51 bits per heavy atom. The lowest BCUT2D eigenvalue weighted by Gasteiger charge is -2.41. The third kappa shape index (κ3) is 14.9. The summed E-state index contributed by atoms with van der Waals surface area (Å²) in [5.74, 6) is -6.36. The lowest BCUT2D eigenvalue weighted by atomic mass is 9.89. The summed E-state index contributed by atoms with van der Waals surface area (Å²) in [5.41, 5.74) is 0.142. The summed E-state index contributed by atoms with van der Waals surface area (Å²) in [5, 5.41) is 15.4. The molecule has 0 aliphatic carbocycles. The number of carboxylic acids is 1. The first kappa shape index (κ1) is 56.1. The molecule has 7 amide bonds. The summed E-state index contributed by atoms with van der Waals surface area (Å²) in [4.78, 5) is 111. The summed E-state index contributed by atoms with van der Waals surface area (Å²) in [7, 11) is 6.11. The molecule has 2 heterocycles. The molecule has 0 radical (unpaired) electrons. The fraction of sp³-hybridized carbons (Fsp3) is 0.673. The number of nitrogens with one attached hydrogen (secondary N) is 2. The number of carbonyl (C=O) groups excluding carboxylic acids is 7. The summed E-state index contributed by atoms with van der Waals surface area (Å²) in [6, 6.07) is 1.32. The molecule has 2 aliphatic rings. The number of carboxylic acid groups (broad SMARTS) is 1. The highest BCUT2D eigenvalue weighted by Gasteiger charge is 2.44. The minimum absolute atomic E-state index is 0.118. The van der Waals surface area contributed by atoms with E-state index in [4.69, 9.17) is 9.47 Å². The van der Waals surface area contributed by atoms with E-state index in [1.807, 2.05) is 41.5 Å². The van der Waals surface area contributed by atoms with Gasteiger partial charge in [-0.3, -0.25) is 38.5 Å². The number of hydrogen-bond donors (Lipinski definition) is 3. The Balaban J connectivity index is 1.72. The summed E-state index contributed by atoms with van der Waals surface area (Å²) < 4.78 is 26.3. The Hall–Kier alpha value is -5.23. The number of hydrogen-bond acceptors (Lipinski definition) is 10. The van der Waals surface area contributed by atoms with E-state index in [0.29, 0.717) is 45.1 Å². The fourth-order valence-electron chi connectivity index (χ4n) is 9.30. The van der Waals surface area contributed by atoms with Gasteiger partial charge >= 0.3 is 5.97 Å². The summed E-state index contributed by atoms with van der Waals surface area (Å²) in [6.07, 6.45) is 4.04. The van der Waals surface area contributed by atoms with Crippen molar-refractivity contribution >= 4 is 47.3 Å². The van der Waals surface area contributed by atoms with Crippen LogP contribution in [0.5, 0.6) is 0 Å². The fourth-order valence-corrected chi connectivity index (χ4v) is 9.30. The zero-order valence-electron chi connectivity index (χ0n) is 41.3. The second-order valence-electron chi connectivity index (χ2n) is 18.7. The van der Waals surface area contributed by atoms with Crippen molar-refractivity contribution in [3.63, 3.8) is 0 Å². The van der Waals surface area contributed by atoms with Gasteiger partial charge in [0.25, 0.3) is 11.8 Å². The smallest absolute Gasteiger partial charge is 0.326 e. The monoisotopic (exact) mass is 943 g/mol. The Morgan fingerprint density at radius 3 is 2.06 bits per heavy atom. The molecule has 2 aliphatic heterocycles. The van der Waals surface area contributed by atoms with Gasteiger partial charge in [-0.15, -0.1) is 0 Å². The predicted octanol–water partition coefficient (Wildman–Crippen LogP) is 3.97. The molecule has 0 aromatic heterocycles. The molecule has 374 valence electrons. The molecule has 0 saturated carbocycles. The van der Waals surface area contributed by atoms with Gasteiger partial charge in [-0.2, -0.15) is 0 Å². The number of imide groups is 1. The second kappa shape index (κ2) is 26.3. The topological polar surface area (TPSA) is 212 Å². The molecule has 0 bridgehead atoms. The van der Waals surface area contributed by atoms with Gasteiger partial charge in [0.05, 0.1) is 36.6 Å². The molecule has 3 rings (SSSR count). The minimum atomic E-state index is -1.41. The zero-order valence-corrected chi connectivity index (χ0v) is 41.3. The number of carbonyl (C=O) groups is 8. The lowest BCUT2D eigenvalue weighted by Crippen LogP contribution is -2.60. The molecule has 1 fully saturated rings. The lowest BCUT2D eigenvalue weighted by molar-refractivity contribution is -0.149. The largest absolute Gasteiger partial charge is 0.480 e. The van der Waals surface area contributed by atoms with E-state index in [9.17, 15) is 47.9 Å². The molecule has 3 N–H and O–H groups in total. The first-order valence-electron chi connectivity index (χ1n) is 23.6. The number of benzene rings is 1. The molecular weight excluding hydrogens is 868 g/mol. The maximum absolute atomic E-state index is 14.6. The Bertz CT molecular complexity index is 1910. The summed E-state index contributed by atoms with van der Waals surface area (Å²) in [6.45, 7) is 13.4. The van der Waals surface area contributed by atoms with E-state index >= 15 is 0 Å². The number of rotatable bonds is 27. The third-order valence-electron chi connectivity index (χ3n) is 13.4. The number of likely N-dealkylation sites (N-methyl/N-ethyl adjacent to an activating group) is 2. The number of halogens is 1. The van der Waals surface area contributed by atoms with Crippen LogP contribution >= 0.6 is 0 Å². The van der Waals surface area contributed by atoms with Crippen LogP contribution in [0.15, 0.2) is 36.4 Å². The van der Waals surface area contributed by atoms with Crippen LogP contribution in [0.3, 0.4) is 0 Å². The van der Waals surface area contributed by atoms with E-state index in [2.05, 4.69) is 10.6 Å². The van der Waals surface area contributed by atoms with Crippen molar-refractivity contribution in [2.24, 2.45) is 23.7 Å². The van der Waals surface area contributed by atoms with Crippen molar-refractivity contribution in [2.45, 2.75) is 149 Å². The van der Waals surface area contributed by atoms with Gasteiger partial charge in [0, 0.05) is 66.4 Å². The van der Waals surface area contributed by atoms with E-state index < -0.39 is 77.8 Å². The van der Waals surface area contributed by atoms with E-state index in [1.54, 1.807) is 36.9 Å². The van der Waals surface area contributed by atoms with Crippen LogP contribution in [0.25, 0.3) is 0 Å². The normalized spacial score (nSPS) is 18.6. The SMILES string of the molecule is CCC(C)C(C(CC(=O)N1CCC[C@H]1C(OC)C(C)C(=O)NC(Cc1ccccc1F)C(=O)O)OC)N(C)C(=O)C(NC(=O)C(C(C)C)N(C)C(=O)CCCCCN1C(=O)C=CC1=O)C(C)C. The van der Waals surface area contributed by atoms with Gasteiger partial charge in [0.1, 0.15) is 23.9 Å². The predicted molar refractivity (Wildman–Crippen MR) is 248 cm³/mol. The second-order valence-corrected chi connectivity index (χ2v) is 18.7. The van der Waals surface area contributed by atoms with Crippen LogP contribution in [0, 0.1) is 29.5 Å². The van der Waals surface area contributed by atoms with E-state index in [0.717, 1.165) is 4.90 Å². The van der Waals surface area contributed by atoms with Crippen LogP contribution in [0.2, 0.25) is 0 Å². The molecule has 8 unspecified atom stereocenters. The molecule has 1 saturated heterocycles. The minimum Gasteiger partial charge on any atom is -0.480 e. The number of ether oxygens (including phenoxy) is 2. The number of nitrogens with zero attached hydrogens (tertiary/aromatic N) is 4. The molecule has 1 aromatic rings. The van der Waals surface area contributed by atoms with Crippen LogP contribution in [0.1, 0.15) is 105 Å². The van der Waals surface area contributed by atoms with Gasteiger partial charge in [0.15, 0.2) is 0 Å². The van der Waals surface area contributed by atoms with Gasteiger partial charge in [-0.1, -0.05) is 79.5 Å². The van der Waals surface area contributed by atoms with Crippen molar-refractivity contribution < 1.29 is 57.3 Å². The molecule has 0 spiro atoms. The van der Waals surface area contributed by atoms with E-state index in [1.165, 1.54) is 49.5 Å². The van der Waals surface area contributed by atoms with Gasteiger partial charge < -0.3 is 39.9 Å². The molecule has 18 heteroatoms. The first-order valence-corrected chi connectivity index (χ1v) is 23.6. The van der Waals surface area contributed by atoms with Crippen molar-refractivity contribution in [3.8, 4) is 0 Å². The maximum Gasteiger partial charge on any atom is 0.326 e. The van der Waals surface area contributed by atoms with Crippen LogP contribution in [0.4, 0.5) is 4.39 Å². The number of methoxy groups -OCH3 is 2. The molecule has 9 atom stereocenters. The van der Waals surface area contributed by atoms with Crippen molar-refractivity contribution in [3.05, 3.63) is 47.8 Å². The molecule has 67 heavy (non-hydrogen) atoms. The third-order valence-corrected chi connectivity index (χ3v) is 13.4. The number of unbranched alkanes of at least 4 members (excludes halogenated alkanes) is 2. The van der Waals surface area contributed by atoms with E-state index in [-0.39, 0.29) is 72.8 Å². The van der Waals surface area contributed by atoms with Gasteiger partial charge in [-0.05, 0) is 55.1 Å². The number of aliphatic carboxylic acids is 1. The number of amides is 7. The summed E-state index contributed by atoms with van der Waals surface area (Å²) >= 11 is 0. The quantitative estimate of drug-likeness (QED) is 0.0849. The maximum atomic E-state index is 14.6. The average Bonchev–Trinajstić information content (AvgIpc) is 3.90. The Morgan fingerprint density at radius 1 is 0.866 bits per heavy atom. The highest BCUT2D eigenvalue weighted by atomic mass is 19.1. The molecular formula is C49H75FN6O11. The van der Waals surface area contributed by atoms with Gasteiger partial charge in [0.2, 0.25) is 29.5 Å². The van der Waals surface area contributed by atoms with Crippen molar-refractivity contribution in [1.82, 2.24) is 30.2 Å². The van der Waals surface area contributed by atoms with Crippen LogP contribution in [-0.4, -0.2) is 156 Å². The number of likely N-dealkylation sites (tertiary alicyclic amines) is 1. The highest BCUT2D eigenvalue weighted by molar-refractivity contribution is 6.12. The van der Waals surface area contributed by atoms with Crippen molar-refractivity contribution in [2.75, 3.05) is 41.4 Å². The zero-order chi connectivity index (χ0) is 50.3. The molecule has 17 nitrogen and oxygen atoms in total. The van der Waals surface area contributed by atoms with Crippen LogP contribution in [-0.2, 0) is 54.3 Å². The highest BCUT2D eigenvalue weighted by Crippen LogP contribution is 2.30. The van der Waals surface area contributed by atoms with Gasteiger partial charge in [-0.25, -0.2) is 9.18 Å². The Labute approximate surface area is 395 Å². The van der Waals surface area contributed by atoms with Crippen molar-refractivity contribution in [1.29, 1.82) is 0 Å². The first-order chi connectivity index (χ1) is 31.6. The standard InChI is InChI=1S/C49H75FN6O11/c1-12-31(6)44(54(9)48(63)42(29(2)3)52-47(62)43(30(4)5)53(8)38(57)22-14-13-17-25-56-39(58)23-24-40(56)59)37(66-10)28-41(60)55-26-18-21-36(55)45(67-11)32(7)46(61)51-35(49(64)65)27-33-19-15-16-20-34(33)50/h15-16,19-20,23-24,29-32,35-37,42-45H,12-14,17-18,21-22,25-28H2,1-11H3,(H,51,61)(H,52,62)(H,64,65)/t31?,32?,35?,36-,37?,42?,43?,44?,45?/m0/s1. The van der Waals surface area contributed by atoms with Crippen LogP contribution < -0.4 is 10.6 Å².